The first-order chi connectivity index (χ1) is 13.0. The Balaban J connectivity index is 2.10. The maximum atomic E-state index is 13.2. The predicted molar refractivity (Wildman–Crippen MR) is 107 cm³/mol. The van der Waals surface area contributed by atoms with Crippen LogP contribution in [0.3, 0.4) is 0 Å². The maximum Gasteiger partial charge on any atom is 0.283 e. The zero-order valence-corrected chi connectivity index (χ0v) is 18.6. The number of aryl methyl sites for hydroxylation is 3. The third kappa shape index (κ3) is 3.51. The highest BCUT2D eigenvalue weighted by Gasteiger charge is 2.35. The van der Waals surface area contributed by atoms with Crippen LogP contribution >= 0.6 is 0 Å². The van der Waals surface area contributed by atoms with Crippen LogP contribution in [0, 0.1) is 33.6 Å². The van der Waals surface area contributed by atoms with Gasteiger partial charge in [0.25, 0.3) is 10.0 Å². The lowest BCUT2D eigenvalue weighted by molar-refractivity contribution is 0.281. The highest BCUT2D eigenvalue weighted by molar-refractivity contribution is 7.90. The van der Waals surface area contributed by atoms with E-state index in [1.807, 2.05) is 20.8 Å². The molecule has 0 radical (unpaired) electrons. The summed E-state index contributed by atoms with van der Waals surface area (Å²) in [4.78, 5) is 0.0887. The molecule has 1 saturated heterocycles. The Bertz CT molecular complexity index is 1120. The molecule has 0 spiro atoms. The zero-order valence-electron chi connectivity index (χ0n) is 16.9. The molecule has 1 aliphatic heterocycles. The molecule has 1 atom stereocenters. The molecule has 3 rings (SSSR count). The van der Waals surface area contributed by atoms with Gasteiger partial charge in [0.05, 0.1) is 16.3 Å². The Labute approximate surface area is 167 Å². The monoisotopic (exact) mass is 425 g/mol. The van der Waals surface area contributed by atoms with Gasteiger partial charge in [0.15, 0.2) is 0 Å². The standard InChI is InChI=1S/C19H27N3O4S2/c1-13-7-6-10-21(12-13)28(25,26)19-16(4)20-22(17(19)5)27(23,24)18-9-8-14(2)15(3)11-18/h8-9,11,13H,6-7,10,12H2,1-5H3. The van der Waals surface area contributed by atoms with Crippen molar-refractivity contribution in [1.29, 1.82) is 0 Å². The molecule has 2 aromatic rings. The van der Waals surface area contributed by atoms with Gasteiger partial charge in [-0.2, -0.15) is 21.9 Å². The summed E-state index contributed by atoms with van der Waals surface area (Å²) in [6.45, 7) is 9.69. The molecule has 1 unspecified atom stereocenters. The Hall–Kier alpha value is -1.71. The third-order valence-electron chi connectivity index (χ3n) is 5.41. The van der Waals surface area contributed by atoms with Gasteiger partial charge in [-0.25, -0.2) is 8.42 Å². The van der Waals surface area contributed by atoms with Gasteiger partial charge >= 0.3 is 0 Å². The molecule has 9 heteroatoms. The lowest BCUT2D eigenvalue weighted by Gasteiger charge is -2.30. The second-order valence-corrected chi connectivity index (χ2v) is 11.3. The number of rotatable bonds is 4. The Morgan fingerprint density at radius 2 is 1.68 bits per heavy atom. The molecule has 0 saturated carbocycles. The van der Waals surface area contributed by atoms with Crippen molar-refractivity contribution in [1.82, 2.24) is 13.5 Å². The van der Waals surface area contributed by atoms with E-state index in [1.54, 1.807) is 19.1 Å². The van der Waals surface area contributed by atoms with Crippen LogP contribution in [0.4, 0.5) is 0 Å². The summed E-state index contributed by atoms with van der Waals surface area (Å²) >= 11 is 0. The minimum absolute atomic E-state index is 0.00555. The molecule has 7 nitrogen and oxygen atoms in total. The number of hydrogen-bond acceptors (Lipinski definition) is 5. The van der Waals surface area contributed by atoms with E-state index in [-0.39, 0.29) is 27.1 Å². The van der Waals surface area contributed by atoms with Crippen LogP contribution in [-0.4, -0.2) is 43.4 Å². The van der Waals surface area contributed by atoms with Crippen molar-refractivity contribution in [3.8, 4) is 0 Å². The van der Waals surface area contributed by atoms with Gasteiger partial charge in [0.1, 0.15) is 4.90 Å². The minimum Gasteiger partial charge on any atom is -0.207 e. The van der Waals surface area contributed by atoms with E-state index >= 15 is 0 Å². The van der Waals surface area contributed by atoms with Crippen LogP contribution in [0.25, 0.3) is 0 Å². The first kappa shape index (κ1) is 21.0. The van der Waals surface area contributed by atoms with Crippen LogP contribution in [-0.2, 0) is 20.0 Å². The smallest absolute Gasteiger partial charge is 0.207 e. The Morgan fingerprint density at radius 3 is 2.29 bits per heavy atom. The molecule has 1 aromatic heterocycles. The molecule has 2 heterocycles. The second kappa shape index (κ2) is 7.27. The zero-order chi connectivity index (χ0) is 20.9. The van der Waals surface area contributed by atoms with Crippen LogP contribution in [0.1, 0.15) is 42.3 Å². The van der Waals surface area contributed by atoms with Crippen molar-refractivity contribution in [2.24, 2.45) is 5.92 Å². The molecular formula is C19H27N3O4S2. The Morgan fingerprint density at radius 1 is 1.00 bits per heavy atom. The topological polar surface area (TPSA) is 89.3 Å². The molecule has 154 valence electrons. The number of nitrogens with zero attached hydrogens (tertiary/aromatic N) is 3. The van der Waals surface area contributed by atoms with E-state index in [0.29, 0.717) is 13.1 Å². The summed E-state index contributed by atoms with van der Waals surface area (Å²) in [6, 6.07) is 4.84. The molecule has 28 heavy (non-hydrogen) atoms. The summed E-state index contributed by atoms with van der Waals surface area (Å²) in [5.74, 6) is 0.276. The van der Waals surface area contributed by atoms with Crippen molar-refractivity contribution in [2.75, 3.05) is 13.1 Å². The van der Waals surface area contributed by atoms with Crippen LogP contribution in [0.2, 0.25) is 0 Å². The average Bonchev–Trinajstić information content (AvgIpc) is 2.93. The number of aromatic nitrogens is 2. The number of piperidine rings is 1. The second-order valence-electron chi connectivity index (χ2n) is 7.70. The van der Waals surface area contributed by atoms with E-state index in [0.717, 1.165) is 28.1 Å². The lowest BCUT2D eigenvalue weighted by atomic mass is 10.0. The quantitative estimate of drug-likeness (QED) is 0.751. The van der Waals surface area contributed by atoms with Gasteiger partial charge in [-0.05, 0) is 69.7 Å². The summed E-state index contributed by atoms with van der Waals surface area (Å²) in [7, 11) is -7.80. The van der Waals surface area contributed by atoms with E-state index < -0.39 is 20.0 Å². The summed E-state index contributed by atoms with van der Waals surface area (Å²) in [5, 5.41) is 4.11. The van der Waals surface area contributed by atoms with Gasteiger partial charge in [-0.1, -0.05) is 13.0 Å². The first-order valence-electron chi connectivity index (χ1n) is 9.35. The summed E-state index contributed by atoms with van der Waals surface area (Å²) < 4.78 is 55.0. The highest BCUT2D eigenvalue weighted by Crippen LogP contribution is 2.29. The van der Waals surface area contributed by atoms with Crippen LogP contribution < -0.4 is 0 Å². The van der Waals surface area contributed by atoms with E-state index in [2.05, 4.69) is 5.10 Å². The minimum atomic E-state index is -3.99. The fraction of sp³-hybridized carbons (Fsp3) is 0.526. The highest BCUT2D eigenvalue weighted by atomic mass is 32.2. The Kier molecular flexibility index (Phi) is 5.46. The van der Waals surface area contributed by atoms with Gasteiger partial charge in [0, 0.05) is 13.1 Å². The fourth-order valence-corrected chi connectivity index (χ4v) is 7.14. The maximum absolute atomic E-state index is 13.2. The van der Waals surface area contributed by atoms with E-state index in [9.17, 15) is 16.8 Å². The number of hydrogen-bond donors (Lipinski definition) is 0. The molecule has 1 aliphatic rings. The molecule has 0 N–H and O–H groups in total. The molecule has 0 bridgehead atoms. The van der Waals surface area contributed by atoms with Crippen LogP contribution in [0.15, 0.2) is 28.0 Å². The summed E-state index contributed by atoms with van der Waals surface area (Å²) in [6.07, 6.45) is 1.79. The lowest BCUT2D eigenvalue weighted by Crippen LogP contribution is -2.39. The molecular weight excluding hydrogens is 398 g/mol. The van der Waals surface area contributed by atoms with Gasteiger partial charge in [-0.3, -0.25) is 0 Å². The van der Waals surface area contributed by atoms with Crippen molar-refractivity contribution >= 4 is 20.0 Å². The molecule has 1 fully saturated rings. The fourth-order valence-electron chi connectivity index (χ4n) is 3.68. The van der Waals surface area contributed by atoms with Crippen molar-refractivity contribution in [3.63, 3.8) is 0 Å². The largest absolute Gasteiger partial charge is 0.283 e. The van der Waals surface area contributed by atoms with Gasteiger partial charge < -0.3 is 0 Å². The van der Waals surface area contributed by atoms with Gasteiger partial charge in [0.2, 0.25) is 10.0 Å². The average molecular weight is 426 g/mol. The van der Waals surface area contributed by atoms with E-state index in [1.165, 1.54) is 17.3 Å². The van der Waals surface area contributed by atoms with Crippen molar-refractivity contribution in [2.45, 2.75) is 57.3 Å². The summed E-state index contributed by atoms with van der Waals surface area (Å²) in [5.41, 5.74) is 2.14. The van der Waals surface area contributed by atoms with Crippen molar-refractivity contribution < 1.29 is 16.8 Å². The predicted octanol–water partition coefficient (Wildman–Crippen LogP) is 2.77. The molecule has 1 aromatic carbocycles. The first-order valence-corrected chi connectivity index (χ1v) is 12.2. The van der Waals surface area contributed by atoms with Crippen molar-refractivity contribution in [3.05, 3.63) is 40.7 Å². The number of benzene rings is 1. The van der Waals surface area contributed by atoms with E-state index in [4.69, 9.17) is 0 Å². The molecule has 0 amide bonds. The van der Waals surface area contributed by atoms with Gasteiger partial charge in [-0.15, -0.1) is 0 Å². The number of sulfonamides is 1. The molecule has 0 aliphatic carbocycles. The third-order valence-corrected chi connectivity index (χ3v) is 9.19. The SMILES string of the molecule is Cc1ccc(S(=O)(=O)n2nc(C)c(S(=O)(=O)N3CCCC(C)C3)c2C)cc1C. The van der Waals surface area contributed by atoms with Crippen LogP contribution in [0.5, 0.6) is 0 Å². The normalized spacial score (nSPS) is 19.1.